The van der Waals surface area contributed by atoms with Crippen LogP contribution in [0.3, 0.4) is 0 Å². The quantitative estimate of drug-likeness (QED) is 0.858. The van der Waals surface area contributed by atoms with Crippen molar-refractivity contribution in [3.05, 3.63) is 29.3 Å². The van der Waals surface area contributed by atoms with E-state index in [1.165, 1.54) is 11.1 Å². The zero-order chi connectivity index (χ0) is 14.6. The standard InChI is InChI=1S/C16H28N2O/c1-7-12-10-13(8-9-15(12)19-6)14(18(4)5)11-16(2,3)17/h8-10,14H,7,11,17H2,1-6H3. The van der Waals surface area contributed by atoms with Gasteiger partial charge in [-0.3, -0.25) is 0 Å². The summed E-state index contributed by atoms with van der Waals surface area (Å²) in [7, 11) is 5.93. The van der Waals surface area contributed by atoms with Crippen molar-refractivity contribution in [1.29, 1.82) is 0 Å². The third kappa shape index (κ3) is 4.51. The number of aryl methyl sites for hydroxylation is 1. The van der Waals surface area contributed by atoms with Gasteiger partial charge in [0, 0.05) is 11.6 Å². The molecule has 0 aliphatic carbocycles. The molecule has 2 N–H and O–H groups in total. The van der Waals surface area contributed by atoms with Crippen LogP contribution in [0.2, 0.25) is 0 Å². The van der Waals surface area contributed by atoms with Crippen molar-refractivity contribution in [3.63, 3.8) is 0 Å². The maximum absolute atomic E-state index is 6.19. The Morgan fingerprint density at radius 2 is 1.95 bits per heavy atom. The van der Waals surface area contributed by atoms with E-state index >= 15 is 0 Å². The number of ether oxygens (including phenoxy) is 1. The van der Waals surface area contributed by atoms with Gasteiger partial charge in [-0.25, -0.2) is 0 Å². The van der Waals surface area contributed by atoms with E-state index in [9.17, 15) is 0 Å². The summed E-state index contributed by atoms with van der Waals surface area (Å²) in [5.41, 5.74) is 8.57. The van der Waals surface area contributed by atoms with E-state index in [0.29, 0.717) is 6.04 Å². The normalized spacial score (nSPS) is 13.7. The largest absolute Gasteiger partial charge is 0.496 e. The SMILES string of the molecule is CCc1cc(C(CC(C)(C)N)N(C)C)ccc1OC. The molecule has 0 amide bonds. The van der Waals surface area contributed by atoms with E-state index in [1.807, 2.05) is 0 Å². The van der Waals surface area contributed by atoms with Crippen molar-refractivity contribution >= 4 is 0 Å². The molecule has 1 unspecified atom stereocenters. The first-order valence-electron chi connectivity index (χ1n) is 6.90. The van der Waals surface area contributed by atoms with Crippen molar-refractivity contribution in [2.75, 3.05) is 21.2 Å². The predicted molar refractivity (Wildman–Crippen MR) is 81.7 cm³/mol. The van der Waals surface area contributed by atoms with Gasteiger partial charge in [0.15, 0.2) is 0 Å². The third-order valence-electron chi connectivity index (χ3n) is 3.41. The van der Waals surface area contributed by atoms with Gasteiger partial charge in [-0.2, -0.15) is 0 Å². The van der Waals surface area contributed by atoms with Gasteiger partial charge in [-0.15, -0.1) is 0 Å². The van der Waals surface area contributed by atoms with Crippen LogP contribution < -0.4 is 10.5 Å². The fourth-order valence-corrected chi connectivity index (χ4v) is 2.38. The minimum atomic E-state index is -0.179. The van der Waals surface area contributed by atoms with E-state index < -0.39 is 0 Å². The third-order valence-corrected chi connectivity index (χ3v) is 3.41. The molecule has 0 heterocycles. The molecule has 0 aliphatic heterocycles. The fraction of sp³-hybridized carbons (Fsp3) is 0.625. The van der Waals surface area contributed by atoms with E-state index in [0.717, 1.165) is 18.6 Å². The lowest BCUT2D eigenvalue weighted by atomic mass is 9.90. The molecule has 1 atom stereocenters. The highest BCUT2D eigenvalue weighted by Crippen LogP contribution is 2.30. The molecule has 3 nitrogen and oxygen atoms in total. The average molecular weight is 264 g/mol. The summed E-state index contributed by atoms with van der Waals surface area (Å²) in [5, 5.41) is 0. The van der Waals surface area contributed by atoms with Crippen LogP contribution in [0.15, 0.2) is 18.2 Å². The lowest BCUT2D eigenvalue weighted by Gasteiger charge is -2.31. The number of methoxy groups -OCH3 is 1. The molecule has 0 saturated carbocycles. The Hall–Kier alpha value is -1.06. The molecular formula is C16H28N2O. The molecule has 0 spiro atoms. The second-order valence-corrected chi connectivity index (χ2v) is 6.10. The highest BCUT2D eigenvalue weighted by molar-refractivity contribution is 5.38. The minimum absolute atomic E-state index is 0.179. The molecule has 0 aliphatic rings. The van der Waals surface area contributed by atoms with Crippen molar-refractivity contribution < 1.29 is 4.74 Å². The van der Waals surface area contributed by atoms with Gasteiger partial charge in [-0.05, 0) is 58.0 Å². The van der Waals surface area contributed by atoms with E-state index in [4.69, 9.17) is 10.5 Å². The predicted octanol–water partition coefficient (Wildman–Crippen LogP) is 2.99. The lowest BCUT2D eigenvalue weighted by Crippen LogP contribution is -2.37. The van der Waals surface area contributed by atoms with E-state index in [2.05, 4.69) is 58.0 Å². The van der Waals surface area contributed by atoms with Crippen LogP contribution in [-0.2, 0) is 6.42 Å². The fourth-order valence-electron chi connectivity index (χ4n) is 2.38. The first-order chi connectivity index (χ1) is 8.78. The van der Waals surface area contributed by atoms with Crippen molar-refractivity contribution in [3.8, 4) is 5.75 Å². The average Bonchev–Trinajstić information content (AvgIpc) is 2.33. The summed E-state index contributed by atoms with van der Waals surface area (Å²) in [4.78, 5) is 2.23. The number of benzene rings is 1. The summed E-state index contributed by atoms with van der Waals surface area (Å²) in [6, 6.07) is 6.79. The number of rotatable bonds is 6. The Balaban J connectivity index is 3.09. The van der Waals surface area contributed by atoms with Crippen molar-refractivity contribution in [2.24, 2.45) is 5.73 Å². The van der Waals surface area contributed by atoms with Crippen molar-refractivity contribution in [1.82, 2.24) is 4.90 Å². The van der Waals surface area contributed by atoms with Crippen LogP contribution in [0.1, 0.15) is 44.4 Å². The summed E-state index contributed by atoms with van der Waals surface area (Å²) >= 11 is 0. The first-order valence-corrected chi connectivity index (χ1v) is 6.90. The second kappa shape index (κ2) is 6.40. The molecule has 0 aromatic heterocycles. The summed E-state index contributed by atoms with van der Waals surface area (Å²) in [6.07, 6.45) is 1.90. The smallest absolute Gasteiger partial charge is 0.122 e. The molecule has 1 rings (SSSR count). The molecule has 1 aromatic rings. The second-order valence-electron chi connectivity index (χ2n) is 6.10. The van der Waals surface area contributed by atoms with Gasteiger partial charge >= 0.3 is 0 Å². The monoisotopic (exact) mass is 264 g/mol. The molecule has 0 saturated heterocycles. The van der Waals surface area contributed by atoms with Crippen LogP contribution in [0.5, 0.6) is 5.75 Å². The number of nitrogens with two attached hydrogens (primary N) is 1. The van der Waals surface area contributed by atoms with Gasteiger partial charge < -0.3 is 15.4 Å². The van der Waals surface area contributed by atoms with Gasteiger partial charge in [0.2, 0.25) is 0 Å². The molecule has 3 heteroatoms. The Morgan fingerprint density at radius 3 is 2.37 bits per heavy atom. The number of hydrogen-bond donors (Lipinski definition) is 1. The van der Waals surface area contributed by atoms with Crippen LogP contribution in [0.25, 0.3) is 0 Å². The Labute approximate surface area is 117 Å². The molecule has 0 bridgehead atoms. The Bertz CT molecular complexity index is 408. The summed E-state index contributed by atoms with van der Waals surface area (Å²) < 4.78 is 5.39. The van der Waals surface area contributed by atoms with E-state index in [1.54, 1.807) is 7.11 Å². The topological polar surface area (TPSA) is 38.5 Å². The van der Waals surface area contributed by atoms with Crippen LogP contribution in [0, 0.1) is 0 Å². The molecular weight excluding hydrogens is 236 g/mol. The molecule has 0 radical (unpaired) electrons. The number of nitrogens with zero attached hydrogens (tertiary/aromatic N) is 1. The van der Waals surface area contributed by atoms with Gasteiger partial charge in [-0.1, -0.05) is 19.1 Å². The highest BCUT2D eigenvalue weighted by Gasteiger charge is 2.23. The zero-order valence-corrected chi connectivity index (χ0v) is 13.2. The van der Waals surface area contributed by atoms with Crippen molar-refractivity contribution in [2.45, 2.75) is 45.2 Å². The zero-order valence-electron chi connectivity index (χ0n) is 13.2. The summed E-state index contributed by atoms with van der Waals surface area (Å²) in [5.74, 6) is 0.968. The maximum Gasteiger partial charge on any atom is 0.122 e. The first kappa shape index (κ1) is 16.0. The summed E-state index contributed by atoms with van der Waals surface area (Å²) in [6.45, 7) is 6.31. The maximum atomic E-state index is 6.19. The molecule has 0 fully saturated rings. The number of hydrogen-bond acceptors (Lipinski definition) is 3. The van der Waals surface area contributed by atoms with Crippen LogP contribution in [-0.4, -0.2) is 31.6 Å². The van der Waals surface area contributed by atoms with Gasteiger partial charge in [0.25, 0.3) is 0 Å². The molecule has 19 heavy (non-hydrogen) atoms. The Morgan fingerprint density at radius 1 is 1.32 bits per heavy atom. The van der Waals surface area contributed by atoms with Gasteiger partial charge in [0.05, 0.1) is 7.11 Å². The molecule has 1 aromatic carbocycles. The van der Waals surface area contributed by atoms with Crippen LogP contribution >= 0.6 is 0 Å². The van der Waals surface area contributed by atoms with E-state index in [-0.39, 0.29) is 5.54 Å². The molecule has 108 valence electrons. The highest BCUT2D eigenvalue weighted by atomic mass is 16.5. The van der Waals surface area contributed by atoms with Gasteiger partial charge in [0.1, 0.15) is 5.75 Å². The lowest BCUT2D eigenvalue weighted by molar-refractivity contribution is 0.242. The van der Waals surface area contributed by atoms with Crippen LogP contribution in [0.4, 0.5) is 0 Å². The minimum Gasteiger partial charge on any atom is -0.496 e. The Kier molecular flexibility index (Phi) is 5.39.